The van der Waals surface area contributed by atoms with Gasteiger partial charge in [0.2, 0.25) is 0 Å². The van der Waals surface area contributed by atoms with Gasteiger partial charge >= 0.3 is 0 Å². The Morgan fingerprint density at radius 1 is 1.00 bits per heavy atom. The number of hydrogen-bond acceptors (Lipinski definition) is 3. The van der Waals surface area contributed by atoms with Crippen molar-refractivity contribution in [1.82, 2.24) is 0 Å². The molecule has 0 saturated carbocycles. The fourth-order valence-electron chi connectivity index (χ4n) is 1.78. The van der Waals surface area contributed by atoms with Gasteiger partial charge in [-0.25, -0.2) is 0 Å². The van der Waals surface area contributed by atoms with E-state index in [1.54, 1.807) is 0 Å². The summed E-state index contributed by atoms with van der Waals surface area (Å²) in [6.45, 7) is 0.966. The molecule has 5 heteroatoms. The summed E-state index contributed by atoms with van der Waals surface area (Å²) in [5.74, 6) is 1.62. The van der Waals surface area contributed by atoms with Crippen molar-refractivity contribution in [2.45, 2.75) is 6.42 Å². The molecule has 110 valence electrons. The summed E-state index contributed by atoms with van der Waals surface area (Å²) in [6, 6.07) is 15.5. The Labute approximate surface area is 138 Å². The fraction of sp³-hybridized carbons (Fsp3) is 0.188. The average Bonchev–Trinajstić information content (AvgIpc) is 2.46. The van der Waals surface area contributed by atoms with Crippen LogP contribution in [0.2, 0.25) is 0 Å². The molecule has 0 saturated heterocycles. The molecule has 2 aromatic rings. The minimum Gasteiger partial charge on any atom is -0.490 e. The SMILES string of the molecule is NC(=S)Cc1ccc(OCCOc2ccccc2Br)cc1. The summed E-state index contributed by atoms with van der Waals surface area (Å²) in [4.78, 5) is 0.491. The highest BCUT2D eigenvalue weighted by atomic mass is 79.9. The van der Waals surface area contributed by atoms with Crippen LogP contribution in [0.4, 0.5) is 0 Å². The van der Waals surface area contributed by atoms with E-state index in [4.69, 9.17) is 27.4 Å². The molecule has 0 radical (unpaired) electrons. The Morgan fingerprint density at radius 3 is 2.33 bits per heavy atom. The van der Waals surface area contributed by atoms with Crippen LogP contribution in [0.3, 0.4) is 0 Å². The topological polar surface area (TPSA) is 44.5 Å². The molecule has 0 aromatic heterocycles. The van der Waals surface area contributed by atoms with E-state index in [1.165, 1.54) is 0 Å². The van der Waals surface area contributed by atoms with Gasteiger partial charge in [0.25, 0.3) is 0 Å². The van der Waals surface area contributed by atoms with E-state index in [0.717, 1.165) is 21.5 Å². The van der Waals surface area contributed by atoms with E-state index in [0.29, 0.717) is 24.6 Å². The summed E-state index contributed by atoms with van der Waals surface area (Å²) in [6.07, 6.45) is 0.612. The molecule has 0 aliphatic carbocycles. The van der Waals surface area contributed by atoms with E-state index >= 15 is 0 Å². The highest BCUT2D eigenvalue weighted by Crippen LogP contribution is 2.23. The minimum atomic E-state index is 0.482. The van der Waals surface area contributed by atoms with Gasteiger partial charge in [0.1, 0.15) is 24.7 Å². The normalized spacial score (nSPS) is 10.1. The van der Waals surface area contributed by atoms with Crippen LogP contribution < -0.4 is 15.2 Å². The van der Waals surface area contributed by atoms with E-state index < -0.39 is 0 Å². The molecule has 0 bridgehead atoms. The number of nitrogens with two attached hydrogens (primary N) is 1. The van der Waals surface area contributed by atoms with Gasteiger partial charge in [0.15, 0.2) is 0 Å². The van der Waals surface area contributed by atoms with Gasteiger partial charge in [-0.1, -0.05) is 36.5 Å². The van der Waals surface area contributed by atoms with Crippen LogP contribution in [-0.2, 0) is 6.42 Å². The van der Waals surface area contributed by atoms with E-state index in [-0.39, 0.29) is 0 Å². The lowest BCUT2D eigenvalue weighted by Crippen LogP contribution is -2.11. The van der Waals surface area contributed by atoms with Crippen LogP contribution in [0.15, 0.2) is 53.0 Å². The monoisotopic (exact) mass is 365 g/mol. The second-order valence-corrected chi connectivity index (χ2v) is 5.79. The molecule has 0 fully saturated rings. The van der Waals surface area contributed by atoms with Crippen LogP contribution in [-0.4, -0.2) is 18.2 Å². The molecule has 0 amide bonds. The van der Waals surface area contributed by atoms with Crippen molar-refractivity contribution < 1.29 is 9.47 Å². The Bertz CT molecular complexity index is 601. The van der Waals surface area contributed by atoms with E-state index in [1.807, 2.05) is 48.5 Å². The van der Waals surface area contributed by atoms with Gasteiger partial charge in [-0.15, -0.1) is 0 Å². The number of ether oxygens (including phenoxy) is 2. The zero-order valence-electron chi connectivity index (χ0n) is 11.4. The molecular weight excluding hydrogens is 350 g/mol. The van der Waals surface area contributed by atoms with Gasteiger partial charge in [-0.05, 0) is 45.8 Å². The maximum Gasteiger partial charge on any atom is 0.133 e. The summed E-state index contributed by atoms with van der Waals surface area (Å²) < 4.78 is 12.2. The first-order chi connectivity index (χ1) is 10.1. The third-order valence-electron chi connectivity index (χ3n) is 2.75. The standard InChI is InChI=1S/C16H16BrNO2S/c17-14-3-1-2-4-15(14)20-10-9-19-13-7-5-12(6-8-13)11-16(18)21/h1-8H,9-11H2,(H2,18,21). The Morgan fingerprint density at radius 2 is 1.67 bits per heavy atom. The average molecular weight is 366 g/mol. The van der Waals surface area contributed by atoms with Gasteiger partial charge in [0.05, 0.1) is 9.46 Å². The Kier molecular flexibility index (Phi) is 6.02. The third-order valence-corrected chi connectivity index (χ3v) is 3.55. The number of para-hydroxylation sites is 1. The van der Waals surface area contributed by atoms with Crippen LogP contribution in [0.1, 0.15) is 5.56 Å². The Balaban J connectivity index is 1.76. The van der Waals surface area contributed by atoms with Gasteiger partial charge in [0, 0.05) is 6.42 Å². The summed E-state index contributed by atoms with van der Waals surface area (Å²) in [7, 11) is 0. The molecular formula is C16H16BrNO2S. The second kappa shape index (κ2) is 8.00. The maximum atomic E-state index is 5.63. The first kappa shape index (κ1) is 15.8. The largest absolute Gasteiger partial charge is 0.490 e. The van der Waals surface area contributed by atoms with Crippen molar-refractivity contribution >= 4 is 33.1 Å². The molecule has 3 nitrogen and oxygen atoms in total. The first-order valence-corrected chi connectivity index (χ1v) is 7.72. The van der Waals surface area contributed by atoms with Gasteiger partial charge < -0.3 is 15.2 Å². The highest BCUT2D eigenvalue weighted by Gasteiger charge is 2.00. The molecule has 0 aliphatic heterocycles. The van der Waals surface area contributed by atoms with Crippen LogP contribution >= 0.6 is 28.1 Å². The zero-order chi connectivity index (χ0) is 15.1. The highest BCUT2D eigenvalue weighted by molar-refractivity contribution is 9.10. The molecule has 2 aromatic carbocycles. The predicted molar refractivity (Wildman–Crippen MR) is 92.1 cm³/mol. The molecule has 0 heterocycles. The van der Waals surface area contributed by atoms with E-state index in [2.05, 4.69) is 15.9 Å². The lowest BCUT2D eigenvalue weighted by molar-refractivity contribution is 0.216. The molecule has 0 aliphatic rings. The quantitative estimate of drug-likeness (QED) is 0.599. The molecule has 2 rings (SSSR count). The lowest BCUT2D eigenvalue weighted by Gasteiger charge is -2.10. The molecule has 0 atom stereocenters. The number of thiocarbonyl (C=S) groups is 1. The lowest BCUT2D eigenvalue weighted by atomic mass is 10.1. The fourth-order valence-corrected chi connectivity index (χ4v) is 2.34. The number of halogens is 1. The summed E-state index contributed by atoms with van der Waals surface area (Å²) in [5.41, 5.74) is 6.59. The smallest absolute Gasteiger partial charge is 0.133 e. The molecule has 0 unspecified atom stereocenters. The van der Waals surface area contributed by atoms with E-state index in [9.17, 15) is 0 Å². The van der Waals surface area contributed by atoms with Gasteiger partial charge in [-0.3, -0.25) is 0 Å². The molecule has 2 N–H and O–H groups in total. The first-order valence-electron chi connectivity index (χ1n) is 6.52. The van der Waals surface area contributed by atoms with Crippen molar-refractivity contribution in [2.75, 3.05) is 13.2 Å². The van der Waals surface area contributed by atoms with Crippen LogP contribution in [0.5, 0.6) is 11.5 Å². The van der Waals surface area contributed by atoms with Crippen LogP contribution in [0, 0.1) is 0 Å². The minimum absolute atomic E-state index is 0.482. The van der Waals surface area contributed by atoms with Gasteiger partial charge in [-0.2, -0.15) is 0 Å². The van der Waals surface area contributed by atoms with Crippen molar-refractivity contribution in [1.29, 1.82) is 0 Å². The molecule has 0 spiro atoms. The zero-order valence-corrected chi connectivity index (χ0v) is 13.8. The second-order valence-electron chi connectivity index (χ2n) is 4.41. The maximum absolute atomic E-state index is 5.63. The van der Waals surface area contributed by atoms with Crippen molar-refractivity contribution in [3.8, 4) is 11.5 Å². The number of hydrogen-bond donors (Lipinski definition) is 1. The van der Waals surface area contributed by atoms with Crippen LogP contribution in [0.25, 0.3) is 0 Å². The Hall–Kier alpha value is -1.59. The number of benzene rings is 2. The van der Waals surface area contributed by atoms with Crippen molar-refractivity contribution in [3.05, 3.63) is 58.6 Å². The number of rotatable bonds is 7. The molecule has 21 heavy (non-hydrogen) atoms. The van der Waals surface area contributed by atoms with Crippen molar-refractivity contribution in [3.63, 3.8) is 0 Å². The third kappa shape index (κ3) is 5.36. The predicted octanol–water partition coefficient (Wildman–Crippen LogP) is 3.74. The van der Waals surface area contributed by atoms with Crippen molar-refractivity contribution in [2.24, 2.45) is 5.73 Å². The summed E-state index contributed by atoms with van der Waals surface area (Å²) >= 11 is 8.31. The summed E-state index contributed by atoms with van der Waals surface area (Å²) in [5, 5.41) is 0.